The van der Waals surface area contributed by atoms with Gasteiger partial charge in [-0.15, -0.1) is 21.5 Å². The molecule has 0 atom stereocenters. The molecule has 0 radical (unpaired) electrons. The summed E-state index contributed by atoms with van der Waals surface area (Å²) >= 11 is 2.98. The Hall–Kier alpha value is -2.45. The van der Waals surface area contributed by atoms with Gasteiger partial charge in [-0.05, 0) is 30.0 Å². The molecule has 3 heterocycles. The van der Waals surface area contributed by atoms with E-state index in [-0.39, 0.29) is 11.7 Å². The number of aryl methyl sites for hydroxylation is 1. The zero-order valence-electron chi connectivity index (χ0n) is 14.4. The number of thioether (sulfide) groups is 1. The second-order valence-electron chi connectivity index (χ2n) is 6.03. The molecule has 1 N–H and O–H groups in total. The van der Waals surface area contributed by atoms with Crippen LogP contribution in [0, 0.1) is 6.92 Å². The average molecular weight is 384 g/mol. The topological polar surface area (TPSA) is 74.8 Å². The lowest BCUT2D eigenvalue weighted by atomic mass is 10.2. The van der Waals surface area contributed by atoms with E-state index in [9.17, 15) is 4.79 Å². The second-order valence-corrected chi connectivity index (χ2v) is 7.97. The molecule has 0 unspecified atom stereocenters. The third-order valence-electron chi connectivity index (χ3n) is 4.20. The maximum atomic E-state index is 12.4. The quantitative estimate of drug-likeness (QED) is 0.533. The van der Waals surface area contributed by atoms with Gasteiger partial charge < -0.3 is 9.88 Å². The molecule has 132 valence electrons. The lowest BCUT2D eigenvalue weighted by Gasteiger charge is -2.16. The number of rotatable bonds is 5. The molecule has 26 heavy (non-hydrogen) atoms. The number of hydrogen-bond donors (Lipinski definition) is 1. The van der Waals surface area contributed by atoms with E-state index >= 15 is 0 Å². The summed E-state index contributed by atoms with van der Waals surface area (Å²) in [5.74, 6) is 0.331. The lowest BCUT2D eigenvalue weighted by Crippen LogP contribution is -2.27. The summed E-state index contributed by atoms with van der Waals surface area (Å²) in [7, 11) is 1.82. The van der Waals surface area contributed by atoms with E-state index in [2.05, 4.69) is 33.2 Å². The summed E-state index contributed by atoms with van der Waals surface area (Å²) in [6, 6.07) is 9.97. The highest BCUT2D eigenvalue weighted by atomic mass is 32.2. The van der Waals surface area contributed by atoms with Crippen LogP contribution in [-0.4, -0.2) is 43.8 Å². The Morgan fingerprint density at radius 3 is 2.92 bits per heavy atom. The SMILES string of the molecule is Cc1ccsc1CN(C)C(=O)CSc1nnc2c(n1)[nH]c1ccccc12. The van der Waals surface area contributed by atoms with Gasteiger partial charge in [-0.1, -0.05) is 30.0 Å². The van der Waals surface area contributed by atoms with Crippen LogP contribution in [0.1, 0.15) is 10.4 Å². The minimum Gasteiger partial charge on any atom is -0.340 e. The van der Waals surface area contributed by atoms with Crippen molar-refractivity contribution >= 4 is 51.1 Å². The molecular weight excluding hydrogens is 366 g/mol. The molecule has 6 nitrogen and oxygen atoms in total. The first-order chi connectivity index (χ1) is 12.6. The zero-order chi connectivity index (χ0) is 18.1. The van der Waals surface area contributed by atoms with Gasteiger partial charge in [0.15, 0.2) is 5.65 Å². The minimum absolute atomic E-state index is 0.0446. The number of benzene rings is 1. The Bertz CT molecular complexity index is 1090. The first-order valence-corrected chi connectivity index (χ1v) is 9.99. The van der Waals surface area contributed by atoms with Crippen molar-refractivity contribution in [3.8, 4) is 0 Å². The molecular formula is C18H17N5OS2. The molecule has 1 aromatic carbocycles. The van der Waals surface area contributed by atoms with E-state index in [0.29, 0.717) is 17.3 Å². The van der Waals surface area contributed by atoms with Gasteiger partial charge in [-0.3, -0.25) is 4.79 Å². The minimum atomic E-state index is 0.0446. The Kier molecular flexibility index (Phi) is 4.60. The first-order valence-electron chi connectivity index (χ1n) is 8.12. The van der Waals surface area contributed by atoms with Gasteiger partial charge in [0.2, 0.25) is 11.1 Å². The van der Waals surface area contributed by atoms with Crippen LogP contribution in [0.25, 0.3) is 22.1 Å². The predicted octanol–water partition coefficient (Wildman–Crippen LogP) is 3.63. The Labute approximate surface area is 158 Å². The molecule has 0 fully saturated rings. The van der Waals surface area contributed by atoms with Crippen molar-refractivity contribution in [2.45, 2.75) is 18.6 Å². The summed E-state index contributed by atoms with van der Waals surface area (Å²) in [5.41, 5.74) is 3.65. The standard InChI is InChI=1S/C18H17N5OS2/c1-11-7-8-25-14(11)9-23(2)15(24)10-26-18-20-17-16(21-22-18)12-5-3-4-6-13(12)19-17/h3-8H,9-10H2,1-2H3,(H,19,20,22). The molecule has 0 spiro atoms. The highest BCUT2D eigenvalue weighted by molar-refractivity contribution is 7.99. The number of H-pyrrole nitrogens is 1. The van der Waals surface area contributed by atoms with E-state index in [1.54, 1.807) is 16.2 Å². The highest BCUT2D eigenvalue weighted by Gasteiger charge is 2.14. The van der Waals surface area contributed by atoms with Gasteiger partial charge in [0.25, 0.3) is 0 Å². The van der Waals surface area contributed by atoms with Gasteiger partial charge in [-0.2, -0.15) is 0 Å². The van der Waals surface area contributed by atoms with Crippen molar-refractivity contribution in [2.24, 2.45) is 0 Å². The van der Waals surface area contributed by atoms with Crippen molar-refractivity contribution < 1.29 is 4.79 Å². The fraction of sp³-hybridized carbons (Fsp3) is 0.222. The number of aromatic nitrogens is 4. The number of carbonyl (C=O) groups excluding carboxylic acids is 1. The van der Waals surface area contributed by atoms with Gasteiger partial charge in [-0.25, -0.2) is 4.98 Å². The highest BCUT2D eigenvalue weighted by Crippen LogP contribution is 2.23. The van der Waals surface area contributed by atoms with E-state index in [1.165, 1.54) is 22.2 Å². The van der Waals surface area contributed by atoms with Gasteiger partial charge in [0, 0.05) is 22.8 Å². The normalized spacial score (nSPS) is 11.3. The zero-order valence-corrected chi connectivity index (χ0v) is 16.0. The molecule has 0 aliphatic carbocycles. The summed E-state index contributed by atoms with van der Waals surface area (Å²) in [5, 5.41) is 12.0. The molecule has 8 heteroatoms. The van der Waals surface area contributed by atoms with Gasteiger partial charge >= 0.3 is 0 Å². The molecule has 1 amide bonds. The van der Waals surface area contributed by atoms with Crippen LogP contribution < -0.4 is 0 Å². The maximum absolute atomic E-state index is 12.4. The smallest absolute Gasteiger partial charge is 0.233 e. The molecule has 0 saturated carbocycles. The largest absolute Gasteiger partial charge is 0.340 e. The number of thiophene rings is 1. The number of amides is 1. The summed E-state index contributed by atoms with van der Waals surface area (Å²) in [6.45, 7) is 2.69. The Balaban J connectivity index is 1.44. The molecule has 3 aromatic heterocycles. The maximum Gasteiger partial charge on any atom is 0.233 e. The van der Waals surface area contributed by atoms with Crippen LogP contribution in [0.2, 0.25) is 0 Å². The number of hydrogen-bond acceptors (Lipinski definition) is 6. The number of aromatic amines is 1. The van der Waals surface area contributed by atoms with Crippen molar-refractivity contribution in [3.05, 3.63) is 46.2 Å². The lowest BCUT2D eigenvalue weighted by molar-refractivity contribution is -0.127. The summed E-state index contributed by atoms with van der Waals surface area (Å²) in [4.78, 5) is 23.1. The van der Waals surface area contributed by atoms with E-state index < -0.39 is 0 Å². The third-order valence-corrected chi connectivity index (χ3v) is 6.03. The molecule has 4 aromatic rings. The van der Waals surface area contributed by atoms with Gasteiger partial charge in [0.05, 0.1) is 12.3 Å². The molecule has 0 aliphatic heterocycles. The van der Waals surface area contributed by atoms with E-state index in [1.807, 2.05) is 36.7 Å². The van der Waals surface area contributed by atoms with Crippen LogP contribution in [0.15, 0.2) is 40.9 Å². The number of nitrogens with one attached hydrogen (secondary N) is 1. The van der Waals surface area contributed by atoms with Crippen molar-refractivity contribution in [1.82, 2.24) is 25.1 Å². The third kappa shape index (κ3) is 3.30. The van der Waals surface area contributed by atoms with Crippen LogP contribution in [0.4, 0.5) is 0 Å². The van der Waals surface area contributed by atoms with E-state index in [0.717, 1.165) is 16.4 Å². The Morgan fingerprint density at radius 2 is 2.12 bits per heavy atom. The van der Waals surface area contributed by atoms with Crippen LogP contribution in [-0.2, 0) is 11.3 Å². The number of carbonyl (C=O) groups is 1. The molecule has 0 aliphatic rings. The van der Waals surface area contributed by atoms with Crippen LogP contribution in [0.5, 0.6) is 0 Å². The van der Waals surface area contributed by atoms with Crippen LogP contribution >= 0.6 is 23.1 Å². The van der Waals surface area contributed by atoms with Crippen molar-refractivity contribution in [3.63, 3.8) is 0 Å². The second kappa shape index (κ2) is 7.05. The summed E-state index contributed by atoms with van der Waals surface area (Å²) < 4.78 is 0. The van der Waals surface area contributed by atoms with E-state index in [4.69, 9.17) is 0 Å². The Morgan fingerprint density at radius 1 is 1.27 bits per heavy atom. The fourth-order valence-electron chi connectivity index (χ4n) is 2.67. The predicted molar refractivity (Wildman–Crippen MR) is 105 cm³/mol. The molecule has 4 rings (SSSR count). The fourth-order valence-corrected chi connectivity index (χ4v) is 4.36. The monoisotopic (exact) mass is 383 g/mol. The number of para-hydroxylation sites is 1. The number of fused-ring (bicyclic) bond motifs is 3. The van der Waals surface area contributed by atoms with Gasteiger partial charge in [0.1, 0.15) is 5.52 Å². The first kappa shape index (κ1) is 17.0. The summed E-state index contributed by atoms with van der Waals surface area (Å²) in [6.07, 6.45) is 0. The van der Waals surface area contributed by atoms with Crippen LogP contribution in [0.3, 0.4) is 0 Å². The number of nitrogens with zero attached hydrogens (tertiary/aromatic N) is 4. The molecule has 0 saturated heterocycles. The average Bonchev–Trinajstić information content (AvgIpc) is 3.22. The van der Waals surface area contributed by atoms with Crippen molar-refractivity contribution in [2.75, 3.05) is 12.8 Å². The van der Waals surface area contributed by atoms with Crippen molar-refractivity contribution in [1.29, 1.82) is 0 Å². The molecule has 0 bridgehead atoms.